The molecule has 1 aromatic heterocycles. The monoisotopic (exact) mass is 499 g/mol. The molecule has 0 aliphatic heterocycles. The average molecular weight is 500 g/mol. The Labute approximate surface area is 219 Å². The Morgan fingerprint density at radius 2 is 1.62 bits per heavy atom. The average Bonchev–Trinajstić information content (AvgIpc) is 3.49. The van der Waals surface area contributed by atoms with Crippen molar-refractivity contribution in [2.24, 2.45) is 0 Å². The maximum atomic E-state index is 13.8. The molecule has 0 fully saturated rings. The number of hydrogen-bond acceptors (Lipinski definition) is 4. The Morgan fingerprint density at radius 3 is 2.35 bits per heavy atom. The van der Waals surface area contributed by atoms with Gasteiger partial charge in [-0.1, -0.05) is 60.7 Å². The van der Waals surface area contributed by atoms with Crippen LogP contribution in [0.1, 0.15) is 49.9 Å². The normalized spacial score (nSPS) is 11.9. The van der Waals surface area contributed by atoms with Crippen molar-refractivity contribution >= 4 is 11.9 Å². The maximum absolute atomic E-state index is 13.8. The zero-order valence-corrected chi connectivity index (χ0v) is 20.5. The molecule has 0 bridgehead atoms. The molecule has 0 radical (unpaired) electrons. The molecule has 3 aromatic carbocycles. The molecule has 0 aliphatic rings. The zero-order chi connectivity index (χ0) is 27.7. The van der Waals surface area contributed by atoms with Crippen LogP contribution in [0.5, 0.6) is 5.75 Å². The fraction of sp³-hybridized carbons (Fsp3) is 0.226. The third-order valence-corrected chi connectivity index (χ3v) is 5.85. The number of nitrogens with zero attached hydrogens (tertiary/aromatic N) is 1. The van der Waals surface area contributed by atoms with E-state index >= 15 is 0 Å². The first-order chi connectivity index (χ1) is 18.9. The van der Waals surface area contributed by atoms with E-state index in [0.717, 1.165) is 16.7 Å². The predicted molar refractivity (Wildman–Crippen MR) is 142 cm³/mol. The molecule has 0 atom stereocenters. The molecule has 1 N–H and O–H groups in total. The van der Waals surface area contributed by atoms with Crippen LogP contribution < -0.4 is 4.74 Å². The van der Waals surface area contributed by atoms with Gasteiger partial charge in [0.05, 0.1) is 21.9 Å². The van der Waals surface area contributed by atoms with Gasteiger partial charge in [-0.3, -0.25) is 9.59 Å². The van der Waals surface area contributed by atoms with Gasteiger partial charge in [0.1, 0.15) is 5.75 Å². The molecule has 1 heterocycles. The molecule has 37 heavy (non-hydrogen) atoms. The fourth-order valence-electron chi connectivity index (χ4n) is 3.89. The summed E-state index contributed by atoms with van der Waals surface area (Å²) < 4.78 is 29.4. The first-order valence-corrected chi connectivity index (χ1v) is 12.3. The summed E-state index contributed by atoms with van der Waals surface area (Å²) >= 11 is 0. The fourth-order valence-corrected chi connectivity index (χ4v) is 3.89. The second-order valence-corrected chi connectivity index (χ2v) is 8.63. The van der Waals surface area contributed by atoms with Crippen LogP contribution in [0.15, 0.2) is 102 Å². The third kappa shape index (κ3) is 7.58. The van der Waals surface area contributed by atoms with Crippen molar-refractivity contribution in [2.75, 3.05) is 6.61 Å². The van der Waals surface area contributed by atoms with Gasteiger partial charge >= 0.3 is 5.97 Å². The van der Waals surface area contributed by atoms with E-state index in [1.54, 1.807) is 48.9 Å². The quantitative estimate of drug-likeness (QED) is 0.204. The Hall–Kier alpha value is -4.32. The molecule has 6 heteroatoms. The van der Waals surface area contributed by atoms with Crippen LogP contribution in [0.4, 0.5) is 0 Å². The Morgan fingerprint density at radius 1 is 0.865 bits per heavy atom. The van der Waals surface area contributed by atoms with Gasteiger partial charge < -0.3 is 19.2 Å². The van der Waals surface area contributed by atoms with Crippen LogP contribution in [0.25, 0.3) is 11.1 Å². The van der Waals surface area contributed by atoms with Crippen molar-refractivity contribution in [1.82, 2.24) is 4.90 Å². The second kappa shape index (κ2) is 13.1. The van der Waals surface area contributed by atoms with Crippen molar-refractivity contribution in [3.05, 3.63) is 114 Å². The molecule has 190 valence electrons. The molecule has 0 aliphatic carbocycles. The van der Waals surface area contributed by atoms with Crippen molar-refractivity contribution in [2.45, 2.75) is 38.7 Å². The molecule has 0 spiro atoms. The molecule has 4 rings (SSSR count). The number of aliphatic carboxylic acids is 1. The Bertz CT molecular complexity index is 1360. The predicted octanol–water partition coefficient (Wildman–Crippen LogP) is 6.81. The van der Waals surface area contributed by atoms with E-state index in [-0.39, 0.29) is 18.5 Å². The number of hydrogen-bond donors (Lipinski definition) is 1. The summed E-state index contributed by atoms with van der Waals surface area (Å²) in [7, 11) is 0. The first-order valence-electron chi connectivity index (χ1n) is 13.3. The lowest BCUT2D eigenvalue weighted by molar-refractivity contribution is -0.137. The SMILES string of the molecule is [2H]C([2H])(c1ccccc1OCCCCCC(=O)O)N(Cc1ccccc1)C(=O)c1ccc(-c2ccoc2)cc1. The molecule has 4 aromatic rings. The van der Waals surface area contributed by atoms with Gasteiger partial charge in [0.15, 0.2) is 0 Å². The largest absolute Gasteiger partial charge is 0.493 e. The van der Waals surface area contributed by atoms with Crippen LogP contribution in [0.3, 0.4) is 0 Å². The Balaban J connectivity index is 1.59. The van der Waals surface area contributed by atoms with Gasteiger partial charge in [-0.2, -0.15) is 0 Å². The number of carbonyl (C=O) groups excluding carboxylic acids is 1. The summed E-state index contributed by atoms with van der Waals surface area (Å²) in [5, 5.41) is 8.81. The lowest BCUT2D eigenvalue weighted by Crippen LogP contribution is -2.30. The highest BCUT2D eigenvalue weighted by molar-refractivity contribution is 5.94. The highest BCUT2D eigenvalue weighted by Gasteiger charge is 2.19. The van der Waals surface area contributed by atoms with Crippen LogP contribution in [0, 0.1) is 0 Å². The molecule has 0 unspecified atom stereocenters. The molecular formula is C31H31NO5. The molecular weight excluding hydrogens is 466 g/mol. The number of carboxylic acid groups (broad SMARTS) is 1. The molecule has 1 amide bonds. The first kappa shape index (κ1) is 23.1. The number of carbonyl (C=O) groups is 2. The number of rotatable bonds is 13. The lowest BCUT2D eigenvalue weighted by Gasteiger charge is -2.24. The van der Waals surface area contributed by atoms with E-state index in [2.05, 4.69) is 0 Å². The van der Waals surface area contributed by atoms with Crippen LogP contribution in [0.2, 0.25) is 0 Å². The molecule has 6 nitrogen and oxygen atoms in total. The summed E-state index contributed by atoms with van der Waals surface area (Å²) in [6, 6.07) is 25.0. The number of furan rings is 1. The highest BCUT2D eigenvalue weighted by atomic mass is 16.5. The van der Waals surface area contributed by atoms with Gasteiger partial charge in [-0.25, -0.2) is 0 Å². The van der Waals surface area contributed by atoms with Crippen LogP contribution in [-0.4, -0.2) is 28.5 Å². The molecule has 0 saturated carbocycles. The summed E-state index contributed by atoms with van der Waals surface area (Å²) in [5.41, 5.74) is 3.18. The van der Waals surface area contributed by atoms with Gasteiger partial charge in [0, 0.05) is 36.2 Å². The van der Waals surface area contributed by atoms with Gasteiger partial charge in [0.2, 0.25) is 0 Å². The Kier molecular flexibility index (Phi) is 8.19. The van der Waals surface area contributed by atoms with Crippen molar-refractivity contribution in [1.29, 1.82) is 0 Å². The second-order valence-electron chi connectivity index (χ2n) is 8.63. The minimum Gasteiger partial charge on any atom is -0.493 e. The van der Waals surface area contributed by atoms with E-state index in [1.807, 2.05) is 48.5 Å². The van der Waals surface area contributed by atoms with E-state index in [9.17, 15) is 9.59 Å². The number of amides is 1. The highest BCUT2D eigenvalue weighted by Crippen LogP contribution is 2.24. The maximum Gasteiger partial charge on any atom is 0.303 e. The summed E-state index contributed by atoms with van der Waals surface area (Å²) in [6.45, 7) is -1.83. The third-order valence-electron chi connectivity index (χ3n) is 5.85. The zero-order valence-electron chi connectivity index (χ0n) is 22.5. The van der Waals surface area contributed by atoms with E-state index < -0.39 is 18.4 Å². The minimum atomic E-state index is -2.20. The minimum absolute atomic E-state index is 0.0552. The van der Waals surface area contributed by atoms with Gasteiger partial charge in [0.25, 0.3) is 5.91 Å². The topological polar surface area (TPSA) is 80.0 Å². The van der Waals surface area contributed by atoms with Crippen molar-refractivity contribution in [3.63, 3.8) is 0 Å². The van der Waals surface area contributed by atoms with E-state index in [4.69, 9.17) is 17.0 Å². The smallest absolute Gasteiger partial charge is 0.303 e. The summed E-state index contributed by atoms with van der Waals surface area (Å²) in [4.78, 5) is 25.8. The summed E-state index contributed by atoms with van der Waals surface area (Å²) in [5.74, 6) is -0.929. The van der Waals surface area contributed by atoms with E-state index in [0.29, 0.717) is 37.2 Å². The number of unbranched alkanes of at least 4 members (excludes halogenated alkanes) is 2. The number of para-hydroxylation sites is 1. The number of carboxylic acids is 1. The van der Waals surface area contributed by atoms with Crippen molar-refractivity contribution < 1.29 is 26.6 Å². The van der Waals surface area contributed by atoms with Gasteiger partial charge in [-0.15, -0.1) is 0 Å². The summed E-state index contributed by atoms with van der Waals surface area (Å²) in [6.07, 6.45) is 5.20. The standard InChI is InChI=1S/C31H31NO5/c33-30(34)13-5-2-8-19-37-29-12-7-6-11-27(29)22-32(21-24-9-3-1-4-10-24)31(35)26-16-14-25(15-17-26)28-18-20-36-23-28/h1,3-4,6-7,9-12,14-18,20,23H,2,5,8,13,19,21-22H2,(H,33,34)/i22D2. The van der Waals surface area contributed by atoms with Crippen molar-refractivity contribution in [3.8, 4) is 16.9 Å². The number of ether oxygens (including phenoxy) is 1. The van der Waals surface area contributed by atoms with Gasteiger partial charge in [-0.05, 0) is 54.7 Å². The number of benzene rings is 3. The lowest BCUT2D eigenvalue weighted by atomic mass is 10.1. The van der Waals surface area contributed by atoms with Crippen LogP contribution in [-0.2, 0) is 17.8 Å². The molecule has 0 saturated heterocycles. The van der Waals surface area contributed by atoms with Crippen LogP contribution >= 0.6 is 0 Å². The van der Waals surface area contributed by atoms with E-state index in [1.165, 1.54) is 4.90 Å².